The number of halogens is 1. The van der Waals surface area contributed by atoms with Crippen LogP contribution in [-0.4, -0.2) is 18.7 Å². The molecule has 0 aromatic rings. The molecule has 0 aromatic carbocycles. The third-order valence-electron chi connectivity index (χ3n) is 0.714. The maximum atomic E-state index is 5.43. The number of rotatable bonds is 0. The smallest absolute Gasteiger partial charge is 0.150 e. The molecule has 1 aliphatic heterocycles. The van der Waals surface area contributed by atoms with Gasteiger partial charge in [-0.25, -0.2) is 5.32 Å². The average molecular weight is 106 g/mol. The number of nitrogens with one attached hydrogen (secondary N) is 1. The van der Waals surface area contributed by atoms with E-state index in [4.69, 9.17) is 11.6 Å². The average Bonchev–Trinajstić information content (AvgIpc) is 1.86. The van der Waals surface area contributed by atoms with Gasteiger partial charge in [0.2, 0.25) is 0 Å². The number of nitrogens with zero attached hydrogens (tertiary/aromatic N) is 1. The van der Waals surface area contributed by atoms with Gasteiger partial charge in [-0.05, 0) is 0 Å². The van der Waals surface area contributed by atoms with Crippen LogP contribution in [0.3, 0.4) is 0 Å². The van der Waals surface area contributed by atoms with Crippen molar-refractivity contribution < 1.29 is 0 Å². The highest BCUT2D eigenvalue weighted by Crippen LogP contribution is 1.90. The molecule has 0 aliphatic carbocycles. The molecule has 1 aliphatic rings. The number of alkyl halides is 1. The molecular weight excluding hydrogens is 99.5 g/mol. The van der Waals surface area contributed by atoms with Gasteiger partial charge in [0.25, 0.3) is 0 Å². The summed E-state index contributed by atoms with van der Waals surface area (Å²) in [5.74, 6) is 0. The Hall–Kier alpha value is 0.210. The van der Waals surface area contributed by atoms with Crippen molar-refractivity contribution >= 4 is 11.6 Å². The zero-order valence-electron chi connectivity index (χ0n) is 3.32. The van der Waals surface area contributed by atoms with Gasteiger partial charge in [0.05, 0.1) is 0 Å². The second-order valence-corrected chi connectivity index (χ2v) is 1.61. The normalized spacial score (nSPS) is 25.5. The van der Waals surface area contributed by atoms with Crippen LogP contribution < -0.4 is 10.6 Å². The molecule has 0 amide bonds. The topological polar surface area (TPSA) is 26.1 Å². The first-order valence-electron chi connectivity index (χ1n) is 1.93. The van der Waals surface area contributed by atoms with Crippen LogP contribution in [-0.2, 0) is 0 Å². The Morgan fingerprint density at radius 3 is 2.83 bits per heavy atom. The predicted octanol–water partition coefficient (Wildman–Crippen LogP) is -0.284. The summed E-state index contributed by atoms with van der Waals surface area (Å²) in [4.78, 5) is 0. The lowest BCUT2D eigenvalue weighted by Gasteiger charge is -1.91. The van der Waals surface area contributed by atoms with Gasteiger partial charge < -0.3 is 0 Å². The molecule has 6 heavy (non-hydrogen) atoms. The van der Waals surface area contributed by atoms with Crippen molar-refractivity contribution in [2.24, 2.45) is 0 Å². The Bertz CT molecular complexity index is 42.1. The summed E-state index contributed by atoms with van der Waals surface area (Å²) >= 11 is 5.43. The first-order chi connectivity index (χ1) is 2.89. The molecule has 0 spiro atoms. The fourth-order valence-corrected chi connectivity index (χ4v) is 0.633. The standard InChI is InChI=1S/C3H6ClN2/c4-3-5-1-2-6-3/h3,5H,1-2H2. The number of hydrogen-bond donors (Lipinski definition) is 1. The number of hydrogen-bond acceptors (Lipinski definition) is 1. The van der Waals surface area contributed by atoms with Crippen molar-refractivity contribution in [2.75, 3.05) is 13.1 Å². The molecule has 1 saturated heterocycles. The second-order valence-electron chi connectivity index (χ2n) is 1.20. The summed E-state index contributed by atoms with van der Waals surface area (Å²) in [6.45, 7) is 1.81. The first-order valence-corrected chi connectivity index (χ1v) is 2.37. The minimum Gasteiger partial charge on any atom is -0.287 e. The van der Waals surface area contributed by atoms with Gasteiger partial charge in [0.1, 0.15) is 0 Å². The molecule has 1 fully saturated rings. The fraction of sp³-hybridized carbons (Fsp3) is 1.00. The van der Waals surface area contributed by atoms with Gasteiger partial charge in [0, 0.05) is 13.1 Å². The van der Waals surface area contributed by atoms with E-state index in [1.54, 1.807) is 0 Å². The second kappa shape index (κ2) is 1.78. The molecule has 3 heteroatoms. The van der Waals surface area contributed by atoms with Crippen LogP contribution in [0.2, 0.25) is 0 Å². The van der Waals surface area contributed by atoms with Gasteiger partial charge in [-0.2, -0.15) is 0 Å². The monoisotopic (exact) mass is 105 g/mol. The van der Waals surface area contributed by atoms with Crippen LogP contribution in [0, 0.1) is 0 Å². The van der Waals surface area contributed by atoms with E-state index in [-0.39, 0.29) is 5.62 Å². The minimum atomic E-state index is -0.106. The molecule has 1 unspecified atom stereocenters. The molecule has 1 radical (unpaired) electrons. The van der Waals surface area contributed by atoms with E-state index < -0.39 is 0 Å². The largest absolute Gasteiger partial charge is 0.287 e. The highest BCUT2D eigenvalue weighted by atomic mass is 35.5. The van der Waals surface area contributed by atoms with E-state index in [9.17, 15) is 0 Å². The van der Waals surface area contributed by atoms with Gasteiger partial charge in [-0.15, -0.1) is 0 Å². The Kier molecular flexibility index (Phi) is 1.29. The van der Waals surface area contributed by atoms with Gasteiger partial charge >= 0.3 is 0 Å². The Labute approximate surface area is 41.9 Å². The van der Waals surface area contributed by atoms with Crippen molar-refractivity contribution in [3.8, 4) is 0 Å². The summed E-state index contributed by atoms with van der Waals surface area (Å²) < 4.78 is 0. The molecule has 0 bridgehead atoms. The lowest BCUT2D eigenvalue weighted by atomic mass is 10.7. The summed E-state index contributed by atoms with van der Waals surface area (Å²) in [5.41, 5.74) is -0.106. The van der Waals surface area contributed by atoms with E-state index >= 15 is 0 Å². The third-order valence-corrected chi connectivity index (χ3v) is 1.01. The van der Waals surface area contributed by atoms with Crippen molar-refractivity contribution in [2.45, 2.75) is 5.62 Å². The van der Waals surface area contributed by atoms with E-state index in [0.717, 1.165) is 13.1 Å². The summed E-state index contributed by atoms with van der Waals surface area (Å²) in [6.07, 6.45) is 0. The zero-order chi connectivity index (χ0) is 4.41. The van der Waals surface area contributed by atoms with E-state index in [0.29, 0.717) is 0 Å². The SMILES string of the molecule is ClC1[N]CCN1. The third kappa shape index (κ3) is 0.834. The first kappa shape index (κ1) is 4.37. The maximum absolute atomic E-state index is 5.43. The van der Waals surface area contributed by atoms with Crippen molar-refractivity contribution in [3.05, 3.63) is 0 Å². The Morgan fingerprint density at radius 2 is 2.67 bits per heavy atom. The summed E-state index contributed by atoms with van der Waals surface area (Å²) in [5, 5.41) is 6.81. The quantitative estimate of drug-likeness (QED) is 0.333. The highest BCUT2D eigenvalue weighted by molar-refractivity contribution is 6.20. The molecule has 0 aromatic heterocycles. The lowest BCUT2D eigenvalue weighted by Crippen LogP contribution is -2.18. The van der Waals surface area contributed by atoms with Gasteiger partial charge in [-0.1, -0.05) is 11.6 Å². The summed E-state index contributed by atoms with van der Waals surface area (Å²) in [7, 11) is 0. The van der Waals surface area contributed by atoms with E-state index in [1.807, 2.05) is 0 Å². The van der Waals surface area contributed by atoms with Crippen LogP contribution in [0.25, 0.3) is 0 Å². The van der Waals surface area contributed by atoms with Gasteiger partial charge in [-0.3, -0.25) is 5.32 Å². The molecule has 35 valence electrons. The maximum Gasteiger partial charge on any atom is 0.150 e. The van der Waals surface area contributed by atoms with Crippen molar-refractivity contribution in [1.82, 2.24) is 10.6 Å². The molecule has 0 saturated carbocycles. The van der Waals surface area contributed by atoms with E-state index in [2.05, 4.69) is 10.6 Å². The van der Waals surface area contributed by atoms with Crippen LogP contribution in [0.15, 0.2) is 0 Å². The Balaban J connectivity index is 2.18. The molecular formula is C3H6ClN2. The van der Waals surface area contributed by atoms with E-state index in [1.165, 1.54) is 0 Å². The molecule has 1 N–H and O–H groups in total. The highest BCUT2D eigenvalue weighted by Gasteiger charge is 2.08. The van der Waals surface area contributed by atoms with Crippen LogP contribution in [0.5, 0.6) is 0 Å². The van der Waals surface area contributed by atoms with Crippen LogP contribution in [0.1, 0.15) is 0 Å². The van der Waals surface area contributed by atoms with Gasteiger partial charge in [0.15, 0.2) is 5.62 Å². The van der Waals surface area contributed by atoms with Crippen LogP contribution >= 0.6 is 11.6 Å². The molecule has 1 rings (SSSR count). The predicted molar refractivity (Wildman–Crippen MR) is 24.6 cm³/mol. The Morgan fingerprint density at radius 1 is 1.83 bits per heavy atom. The minimum absolute atomic E-state index is 0.106. The summed E-state index contributed by atoms with van der Waals surface area (Å²) in [6, 6.07) is 0. The molecule has 1 heterocycles. The van der Waals surface area contributed by atoms with Crippen molar-refractivity contribution in [3.63, 3.8) is 0 Å². The van der Waals surface area contributed by atoms with Crippen molar-refractivity contribution in [1.29, 1.82) is 0 Å². The zero-order valence-corrected chi connectivity index (χ0v) is 4.07. The molecule has 1 atom stereocenters. The lowest BCUT2D eigenvalue weighted by molar-refractivity contribution is 0.722. The molecule has 2 nitrogen and oxygen atoms in total. The van der Waals surface area contributed by atoms with Crippen LogP contribution in [0.4, 0.5) is 0 Å². The fourth-order valence-electron chi connectivity index (χ4n) is 0.426.